The summed E-state index contributed by atoms with van der Waals surface area (Å²) in [6.07, 6.45) is 0. The van der Waals surface area contributed by atoms with Crippen LogP contribution in [0.15, 0.2) is 18.2 Å². The van der Waals surface area contributed by atoms with Gasteiger partial charge in [0.15, 0.2) is 0 Å². The molecule has 2 aromatic heterocycles. The molecule has 0 aliphatic rings. The van der Waals surface area contributed by atoms with Gasteiger partial charge in [-0.2, -0.15) is 0 Å². The summed E-state index contributed by atoms with van der Waals surface area (Å²) in [4.78, 5) is 15.4. The average molecular weight is 239 g/mol. The number of imidazole rings is 1. The average Bonchev–Trinajstić information content (AvgIpc) is 2.56. The molecule has 0 saturated heterocycles. The molecule has 0 spiro atoms. The number of carboxylic acid groups (broad SMARTS) is 1. The first-order chi connectivity index (χ1) is 7.52. The molecule has 16 heavy (non-hydrogen) atoms. The van der Waals surface area contributed by atoms with Crippen molar-refractivity contribution in [1.82, 2.24) is 9.38 Å². The van der Waals surface area contributed by atoms with Gasteiger partial charge in [-0.05, 0) is 18.1 Å². The Morgan fingerprint density at radius 1 is 1.50 bits per heavy atom. The number of hydrogen-bond acceptors (Lipinski definition) is 2. The van der Waals surface area contributed by atoms with Gasteiger partial charge in [0.2, 0.25) is 0 Å². The molecule has 2 heterocycles. The fourth-order valence-electron chi connectivity index (χ4n) is 1.61. The van der Waals surface area contributed by atoms with E-state index in [4.69, 9.17) is 16.7 Å². The summed E-state index contributed by atoms with van der Waals surface area (Å²) >= 11 is 6.14. The minimum Gasteiger partial charge on any atom is -0.477 e. The molecule has 0 unspecified atom stereocenters. The van der Waals surface area contributed by atoms with Crippen molar-refractivity contribution in [3.8, 4) is 0 Å². The van der Waals surface area contributed by atoms with Crippen LogP contribution in [0.5, 0.6) is 0 Å². The second-order valence-corrected chi connectivity index (χ2v) is 4.21. The Bertz CT molecular complexity index is 560. The Morgan fingerprint density at radius 3 is 2.75 bits per heavy atom. The molecule has 0 bridgehead atoms. The Morgan fingerprint density at radius 2 is 2.19 bits per heavy atom. The molecular formula is C11H11ClN2O2. The van der Waals surface area contributed by atoms with Gasteiger partial charge in [-0.15, -0.1) is 0 Å². The van der Waals surface area contributed by atoms with E-state index >= 15 is 0 Å². The Labute approximate surface area is 97.5 Å². The number of fused-ring (bicyclic) bond motifs is 1. The van der Waals surface area contributed by atoms with Gasteiger partial charge in [0.05, 0.1) is 5.69 Å². The van der Waals surface area contributed by atoms with E-state index in [1.54, 1.807) is 12.1 Å². The van der Waals surface area contributed by atoms with Crippen molar-refractivity contribution in [2.75, 3.05) is 0 Å². The lowest BCUT2D eigenvalue weighted by atomic mass is 10.2. The normalized spacial score (nSPS) is 11.2. The molecule has 0 saturated carbocycles. The summed E-state index contributed by atoms with van der Waals surface area (Å²) in [5.41, 5.74) is 1.41. The van der Waals surface area contributed by atoms with E-state index in [1.807, 2.05) is 13.8 Å². The minimum absolute atomic E-state index is 0.127. The van der Waals surface area contributed by atoms with Crippen LogP contribution in [0.1, 0.15) is 35.9 Å². The number of aromatic nitrogens is 2. The highest BCUT2D eigenvalue weighted by atomic mass is 35.5. The number of aromatic carboxylic acids is 1. The summed E-state index contributed by atoms with van der Waals surface area (Å²) in [7, 11) is 0. The van der Waals surface area contributed by atoms with Crippen molar-refractivity contribution in [1.29, 1.82) is 0 Å². The van der Waals surface area contributed by atoms with Gasteiger partial charge >= 0.3 is 5.97 Å². The zero-order chi connectivity index (χ0) is 11.9. The quantitative estimate of drug-likeness (QED) is 0.875. The van der Waals surface area contributed by atoms with Gasteiger partial charge in [0.1, 0.15) is 16.5 Å². The molecule has 0 atom stereocenters. The Balaban J connectivity index is 2.82. The third-order valence-corrected chi connectivity index (χ3v) is 2.74. The second-order valence-electron chi connectivity index (χ2n) is 3.85. The van der Waals surface area contributed by atoms with Crippen molar-refractivity contribution in [3.63, 3.8) is 0 Å². The first-order valence-corrected chi connectivity index (χ1v) is 5.30. The van der Waals surface area contributed by atoms with Gasteiger partial charge in [0.25, 0.3) is 0 Å². The van der Waals surface area contributed by atoms with Crippen LogP contribution in [-0.2, 0) is 0 Å². The number of carbonyl (C=O) groups is 1. The van der Waals surface area contributed by atoms with E-state index in [2.05, 4.69) is 4.98 Å². The number of halogens is 1. The molecule has 2 aromatic rings. The largest absolute Gasteiger partial charge is 0.477 e. The van der Waals surface area contributed by atoms with Crippen LogP contribution in [0.25, 0.3) is 5.65 Å². The fraction of sp³-hybridized carbons (Fsp3) is 0.273. The highest BCUT2D eigenvalue weighted by molar-refractivity contribution is 6.30. The molecule has 0 aliphatic carbocycles. The molecule has 0 aromatic carbocycles. The maximum absolute atomic E-state index is 11.0. The third-order valence-electron chi connectivity index (χ3n) is 2.38. The van der Waals surface area contributed by atoms with Crippen LogP contribution in [0.3, 0.4) is 0 Å². The van der Waals surface area contributed by atoms with Crippen molar-refractivity contribution in [2.24, 2.45) is 0 Å². The summed E-state index contributed by atoms with van der Waals surface area (Å²) in [6.45, 7) is 3.93. The van der Waals surface area contributed by atoms with Crippen molar-refractivity contribution >= 4 is 23.2 Å². The smallest absolute Gasteiger partial charge is 0.352 e. The molecule has 1 N–H and O–H groups in total. The van der Waals surface area contributed by atoms with Gasteiger partial charge in [0, 0.05) is 0 Å². The zero-order valence-corrected chi connectivity index (χ0v) is 9.69. The SMILES string of the molecule is CC(C)c1nc2cccc(C(=O)O)n2c1Cl. The summed E-state index contributed by atoms with van der Waals surface area (Å²) < 4.78 is 1.46. The van der Waals surface area contributed by atoms with Crippen LogP contribution in [-0.4, -0.2) is 20.5 Å². The molecule has 0 amide bonds. The topological polar surface area (TPSA) is 54.6 Å². The molecule has 0 aliphatic heterocycles. The minimum atomic E-state index is -1.01. The highest BCUT2D eigenvalue weighted by Crippen LogP contribution is 2.26. The molecule has 4 nitrogen and oxygen atoms in total. The van der Waals surface area contributed by atoms with Crippen LogP contribution in [0.2, 0.25) is 5.15 Å². The van der Waals surface area contributed by atoms with Crippen molar-refractivity contribution in [2.45, 2.75) is 19.8 Å². The van der Waals surface area contributed by atoms with Crippen molar-refractivity contribution < 1.29 is 9.90 Å². The van der Waals surface area contributed by atoms with Crippen LogP contribution < -0.4 is 0 Å². The van der Waals surface area contributed by atoms with E-state index in [1.165, 1.54) is 10.5 Å². The Hall–Kier alpha value is -1.55. The standard InChI is InChI=1S/C11H11ClN2O2/c1-6(2)9-10(12)14-7(11(15)16)4-3-5-8(14)13-9/h3-6H,1-2H3,(H,15,16). The van der Waals surface area contributed by atoms with Gasteiger partial charge < -0.3 is 5.11 Å². The van der Waals surface area contributed by atoms with Crippen LogP contribution in [0, 0.1) is 0 Å². The number of pyridine rings is 1. The molecule has 0 radical (unpaired) electrons. The summed E-state index contributed by atoms with van der Waals surface area (Å²) in [6, 6.07) is 4.91. The molecule has 84 valence electrons. The van der Waals surface area contributed by atoms with Crippen LogP contribution >= 0.6 is 11.6 Å². The number of nitrogens with zero attached hydrogens (tertiary/aromatic N) is 2. The number of carboxylic acids is 1. The first kappa shape index (κ1) is 11.0. The predicted molar refractivity (Wildman–Crippen MR) is 61.3 cm³/mol. The maximum atomic E-state index is 11.0. The van der Waals surface area contributed by atoms with Gasteiger partial charge in [-0.3, -0.25) is 4.40 Å². The molecule has 5 heteroatoms. The highest BCUT2D eigenvalue weighted by Gasteiger charge is 2.17. The van der Waals surface area contributed by atoms with Gasteiger partial charge in [-0.25, -0.2) is 9.78 Å². The van der Waals surface area contributed by atoms with Gasteiger partial charge in [-0.1, -0.05) is 31.5 Å². The molecular weight excluding hydrogens is 228 g/mol. The summed E-state index contributed by atoms with van der Waals surface area (Å²) in [5, 5.41) is 9.43. The van der Waals surface area contributed by atoms with E-state index in [-0.39, 0.29) is 11.6 Å². The molecule has 0 fully saturated rings. The van der Waals surface area contributed by atoms with E-state index in [9.17, 15) is 4.79 Å². The second kappa shape index (κ2) is 3.79. The summed E-state index contributed by atoms with van der Waals surface area (Å²) in [5.74, 6) is -0.853. The zero-order valence-electron chi connectivity index (χ0n) is 8.94. The van der Waals surface area contributed by atoms with Crippen LogP contribution in [0.4, 0.5) is 0 Å². The van der Waals surface area contributed by atoms with Crippen molar-refractivity contribution in [3.05, 3.63) is 34.7 Å². The maximum Gasteiger partial charge on any atom is 0.352 e. The third kappa shape index (κ3) is 1.55. The lowest BCUT2D eigenvalue weighted by molar-refractivity contribution is 0.0689. The Kier molecular flexibility index (Phi) is 2.59. The fourth-order valence-corrected chi connectivity index (χ4v) is 2.05. The van der Waals surface area contributed by atoms with E-state index in [0.29, 0.717) is 10.8 Å². The van der Waals surface area contributed by atoms with E-state index < -0.39 is 5.97 Å². The monoisotopic (exact) mass is 238 g/mol. The number of rotatable bonds is 2. The van der Waals surface area contributed by atoms with E-state index in [0.717, 1.165) is 5.69 Å². The number of hydrogen-bond donors (Lipinski definition) is 1. The lowest BCUT2D eigenvalue weighted by Crippen LogP contribution is -2.04. The molecule has 2 rings (SSSR count). The lowest BCUT2D eigenvalue weighted by Gasteiger charge is -2.02. The predicted octanol–water partition coefficient (Wildman–Crippen LogP) is 2.81. The first-order valence-electron chi connectivity index (χ1n) is 4.92.